The smallest absolute Gasteiger partial charge is 0.259 e. The lowest BCUT2D eigenvalue weighted by atomic mass is 9.82. The highest BCUT2D eigenvalue weighted by molar-refractivity contribution is 7.18. The van der Waals surface area contributed by atoms with Gasteiger partial charge in [-0.05, 0) is 44.2 Å². The summed E-state index contributed by atoms with van der Waals surface area (Å²) in [5, 5.41) is 5.06. The van der Waals surface area contributed by atoms with E-state index < -0.39 is 0 Å². The zero-order chi connectivity index (χ0) is 20.4. The van der Waals surface area contributed by atoms with Crippen molar-refractivity contribution < 1.29 is 4.79 Å². The van der Waals surface area contributed by atoms with Crippen LogP contribution in [-0.4, -0.2) is 21.6 Å². The van der Waals surface area contributed by atoms with Crippen molar-refractivity contribution in [1.29, 1.82) is 0 Å². The molecule has 2 heterocycles. The lowest BCUT2D eigenvalue weighted by Crippen LogP contribution is -2.27. The Labute approximate surface area is 173 Å². The number of amides is 1. The van der Waals surface area contributed by atoms with E-state index in [4.69, 9.17) is 0 Å². The second-order valence-corrected chi connectivity index (χ2v) is 8.70. The Morgan fingerprint density at radius 3 is 2.86 bits per heavy atom. The minimum atomic E-state index is -0.276. The second kappa shape index (κ2) is 8.29. The summed E-state index contributed by atoms with van der Waals surface area (Å²) in [6.07, 6.45) is 4.17. The third kappa shape index (κ3) is 4.15. The number of aromatic amines is 1. The molecule has 0 radical (unpaired) electrons. The maximum atomic E-state index is 12.4. The standard InChI is InChI=1S/C22H24N4O2S/c1-13-14(2)29-22-20(13)21(28)23-18(24-22)12-19(27)26-25-17-11-7-6-10-16(17)15-8-4-3-5-9-15/h3-5,8-9,16H,6-7,10-12H2,1-2H3,(H,26,27)(H,23,24,28)/t16-/m1/s1. The highest BCUT2D eigenvalue weighted by atomic mass is 32.1. The summed E-state index contributed by atoms with van der Waals surface area (Å²) in [5.41, 5.74) is 5.68. The summed E-state index contributed by atoms with van der Waals surface area (Å²) in [6.45, 7) is 3.89. The van der Waals surface area contributed by atoms with E-state index in [1.54, 1.807) is 0 Å². The van der Waals surface area contributed by atoms with Crippen LogP contribution >= 0.6 is 11.3 Å². The number of hydrazone groups is 1. The van der Waals surface area contributed by atoms with Gasteiger partial charge in [-0.2, -0.15) is 5.10 Å². The normalized spacial score (nSPS) is 18.3. The molecule has 1 amide bonds. The number of carbonyl (C=O) groups is 1. The summed E-state index contributed by atoms with van der Waals surface area (Å²) in [5.74, 6) is 0.337. The fourth-order valence-electron chi connectivity index (χ4n) is 3.88. The lowest BCUT2D eigenvalue weighted by Gasteiger charge is -2.24. The molecular formula is C22H24N4O2S. The molecule has 1 aliphatic rings. The number of thiophene rings is 1. The molecule has 2 aromatic heterocycles. The number of H-pyrrole nitrogens is 1. The Morgan fingerprint density at radius 2 is 2.07 bits per heavy atom. The number of nitrogens with zero attached hydrogens (tertiary/aromatic N) is 2. The van der Waals surface area contributed by atoms with Crippen molar-refractivity contribution in [2.45, 2.75) is 51.9 Å². The summed E-state index contributed by atoms with van der Waals surface area (Å²) < 4.78 is 0. The number of fused-ring (bicyclic) bond motifs is 1. The van der Waals surface area contributed by atoms with Gasteiger partial charge in [0.1, 0.15) is 10.7 Å². The summed E-state index contributed by atoms with van der Waals surface area (Å²) in [4.78, 5) is 33.8. The Hall–Kier alpha value is -2.80. The van der Waals surface area contributed by atoms with E-state index in [-0.39, 0.29) is 23.8 Å². The average molecular weight is 409 g/mol. The molecule has 150 valence electrons. The number of carbonyl (C=O) groups excluding carboxylic acids is 1. The number of hydrogen-bond donors (Lipinski definition) is 2. The van der Waals surface area contributed by atoms with Crippen LogP contribution in [0.4, 0.5) is 0 Å². The maximum absolute atomic E-state index is 12.4. The van der Waals surface area contributed by atoms with Gasteiger partial charge in [-0.1, -0.05) is 36.8 Å². The van der Waals surface area contributed by atoms with Crippen LogP contribution in [0.15, 0.2) is 40.2 Å². The zero-order valence-electron chi connectivity index (χ0n) is 16.6. The first-order chi connectivity index (χ1) is 14.0. The molecule has 0 spiro atoms. The SMILES string of the molecule is Cc1sc2nc(CC(=O)NN=C3CCCC[C@@H]3c3ccccc3)[nH]c(=O)c2c1C. The van der Waals surface area contributed by atoms with E-state index in [0.29, 0.717) is 16.0 Å². The van der Waals surface area contributed by atoms with Crippen LogP contribution in [-0.2, 0) is 11.2 Å². The Kier molecular flexibility index (Phi) is 5.58. The number of benzene rings is 1. The van der Waals surface area contributed by atoms with Gasteiger partial charge in [-0.3, -0.25) is 9.59 Å². The van der Waals surface area contributed by atoms with E-state index in [9.17, 15) is 9.59 Å². The van der Waals surface area contributed by atoms with Gasteiger partial charge >= 0.3 is 0 Å². The van der Waals surface area contributed by atoms with Gasteiger partial charge in [0.25, 0.3) is 5.56 Å². The minimum Gasteiger partial charge on any atom is -0.309 e. The first kappa shape index (κ1) is 19.5. The van der Waals surface area contributed by atoms with Crippen LogP contribution in [0.25, 0.3) is 10.2 Å². The van der Waals surface area contributed by atoms with Crippen LogP contribution in [0, 0.1) is 13.8 Å². The van der Waals surface area contributed by atoms with Crippen LogP contribution in [0.3, 0.4) is 0 Å². The Balaban J connectivity index is 1.49. The molecule has 1 fully saturated rings. The molecular weight excluding hydrogens is 384 g/mol. The second-order valence-electron chi connectivity index (χ2n) is 7.50. The topological polar surface area (TPSA) is 87.2 Å². The van der Waals surface area contributed by atoms with Crippen molar-refractivity contribution in [1.82, 2.24) is 15.4 Å². The van der Waals surface area contributed by atoms with Crippen molar-refractivity contribution in [3.63, 3.8) is 0 Å². The Morgan fingerprint density at radius 1 is 1.28 bits per heavy atom. The monoisotopic (exact) mass is 408 g/mol. The molecule has 7 heteroatoms. The molecule has 0 unspecified atom stereocenters. The predicted molar refractivity (Wildman–Crippen MR) is 117 cm³/mol. The minimum absolute atomic E-state index is 0.00599. The Bertz CT molecular complexity index is 1130. The molecule has 4 rings (SSSR count). The molecule has 6 nitrogen and oxygen atoms in total. The van der Waals surface area contributed by atoms with Gasteiger partial charge in [-0.15, -0.1) is 11.3 Å². The van der Waals surface area contributed by atoms with Crippen molar-refractivity contribution in [3.8, 4) is 0 Å². The van der Waals surface area contributed by atoms with Gasteiger partial charge in [0.2, 0.25) is 5.91 Å². The zero-order valence-corrected chi connectivity index (χ0v) is 17.4. The highest BCUT2D eigenvalue weighted by Gasteiger charge is 2.22. The van der Waals surface area contributed by atoms with Gasteiger partial charge < -0.3 is 4.98 Å². The van der Waals surface area contributed by atoms with Crippen molar-refractivity contribution in [2.75, 3.05) is 0 Å². The first-order valence-corrected chi connectivity index (χ1v) is 10.7. The van der Waals surface area contributed by atoms with Gasteiger partial charge in [0.05, 0.1) is 11.8 Å². The number of nitrogens with one attached hydrogen (secondary N) is 2. The number of aromatic nitrogens is 2. The quantitative estimate of drug-likeness (QED) is 0.640. The van der Waals surface area contributed by atoms with E-state index in [0.717, 1.165) is 41.8 Å². The van der Waals surface area contributed by atoms with Crippen LogP contribution in [0.1, 0.15) is 53.4 Å². The predicted octanol–water partition coefficient (Wildman–Crippen LogP) is 3.97. The maximum Gasteiger partial charge on any atom is 0.259 e. The molecule has 0 aliphatic heterocycles. The van der Waals surface area contributed by atoms with E-state index >= 15 is 0 Å². The fraction of sp³-hybridized carbons (Fsp3) is 0.364. The largest absolute Gasteiger partial charge is 0.309 e. The van der Waals surface area contributed by atoms with Crippen molar-refractivity contribution in [3.05, 3.63) is 62.5 Å². The van der Waals surface area contributed by atoms with Crippen LogP contribution in [0.5, 0.6) is 0 Å². The van der Waals surface area contributed by atoms with Gasteiger partial charge in [0, 0.05) is 16.5 Å². The average Bonchev–Trinajstić information content (AvgIpc) is 3.01. The molecule has 3 aromatic rings. The molecule has 1 saturated carbocycles. The number of hydrogen-bond acceptors (Lipinski definition) is 5. The van der Waals surface area contributed by atoms with Crippen LogP contribution < -0.4 is 11.0 Å². The number of aryl methyl sites for hydroxylation is 2. The van der Waals surface area contributed by atoms with Crippen LogP contribution in [0.2, 0.25) is 0 Å². The van der Waals surface area contributed by atoms with E-state index in [1.807, 2.05) is 32.0 Å². The fourth-order valence-corrected chi connectivity index (χ4v) is 4.93. The summed E-state index contributed by atoms with van der Waals surface area (Å²) >= 11 is 1.48. The molecule has 0 bridgehead atoms. The number of rotatable bonds is 4. The van der Waals surface area contributed by atoms with E-state index in [1.165, 1.54) is 16.9 Å². The first-order valence-electron chi connectivity index (χ1n) is 9.92. The highest BCUT2D eigenvalue weighted by Crippen LogP contribution is 2.30. The molecule has 1 atom stereocenters. The molecule has 1 aliphatic carbocycles. The van der Waals surface area contributed by atoms with Gasteiger partial charge in [-0.25, -0.2) is 10.4 Å². The van der Waals surface area contributed by atoms with Gasteiger partial charge in [0.15, 0.2) is 0 Å². The molecule has 2 N–H and O–H groups in total. The van der Waals surface area contributed by atoms with E-state index in [2.05, 4.69) is 32.6 Å². The summed E-state index contributed by atoms with van der Waals surface area (Å²) in [7, 11) is 0. The third-order valence-corrected chi connectivity index (χ3v) is 6.62. The molecule has 0 saturated heterocycles. The van der Waals surface area contributed by atoms with Crippen molar-refractivity contribution in [2.24, 2.45) is 5.10 Å². The molecule has 1 aromatic carbocycles. The van der Waals surface area contributed by atoms with Crippen molar-refractivity contribution >= 4 is 33.2 Å². The summed E-state index contributed by atoms with van der Waals surface area (Å²) in [6, 6.07) is 10.3. The third-order valence-electron chi connectivity index (χ3n) is 5.52. The lowest BCUT2D eigenvalue weighted by molar-refractivity contribution is -0.120. The molecule has 29 heavy (non-hydrogen) atoms.